The Bertz CT molecular complexity index is 523. The second kappa shape index (κ2) is 5.57. The summed E-state index contributed by atoms with van der Waals surface area (Å²) in [7, 11) is 0. The van der Waals surface area contributed by atoms with Crippen LogP contribution < -0.4 is 5.32 Å². The maximum absolute atomic E-state index is 4.38. The van der Waals surface area contributed by atoms with Gasteiger partial charge in [-0.3, -0.25) is 4.68 Å². The average molecular weight is 255 g/mol. The molecule has 0 bridgehead atoms. The van der Waals surface area contributed by atoms with Gasteiger partial charge in [0.15, 0.2) is 0 Å². The number of nitrogens with zero attached hydrogens (tertiary/aromatic N) is 2. The van der Waals surface area contributed by atoms with E-state index in [1.165, 1.54) is 29.7 Å². The molecule has 1 N–H and O–H groups in total. The van der Waals surface area contributed by atoms with Crippen molar-refractivity contribution in [2.45, 2.75) is 45.3 Å². The van der Waals surface area contributed by atoms with Crippen LogP contribution >= 0.6 is 0 Å². The molecule has 2 aromatic rings. The molecule has 1 aromatic carbocycles. The van der Waals surface area contributed by atoms with Crippen LogP contribution in [0.5, 0.6) is 0 Å². The molecular formula is C16H21N3. The van der Waals surface area contributed by atoms with E-state index in [4.69, 9.17) is 0 Å². The molecule has 0 amide bonds. The standard InChI is InChI=1S/C16H21N3/c1-2-11-19-16(9-10-18-19)14-5-3-13(4-6-14)12-17-15-7-8-15/h3-6,9-10,15,17H,2,7-8,11-12H2,1H3. The second-order valence-corrected chi connectivity index (χ2v) is 5.29. The highest BCUT2D eigenvalue weighted by Gasteiger charge is 2.19. The van der Waals surface area contributed by atoms with Gasteiger partial charge in [-0.05, 0) is 36.5 Å². The minimum atomic E-state index is 0.769. The fourth-order valence-corrected chi connectivity index (χ4v) is 2.31. The van der Waals surface area contributed by atoms with Gasteiger partial charge in [0.25, 0.3) is 0 Å². The number of aromatic nitrogens is 2. The van der Waals surface area contributed by atoms with Crippen LogP contribution in [0.25, 0.3) is 11.3 Å². The highest BCUT2D eigenvalue weighted by Crippen LogP contribution is 2.21. The number of hydrogen-bond donors (Lipinski definition) is 1. The summed E-state index contributed by atoms with van der Waals surface area (Å²) in [6.45, 7) is 4.14. The fourth-order valence-electron chi connectivity index (χ4n) is 2.31. The van der Waals surface area contributed by atoms with Crippen LogP contribution in [0.2, 0.25) is 0 Å². The van der Waals surface area contributed by atoms with Gasteiger partial charge in [-0.15, -0.1) is 0 Å². The third-order valence-corrected chi connectivity index (χ3v) is 3.57. The molecule has 1 aliphatic rings. The quantitative estimate of drug-likeness (QED) is 0.859. The van der Waals surface area contributed by atoms with E-state index in [1.807, 2.05) is 6.20 Å². The Labute approximate surface area is 114 Å². The molecule has 0 unspecified atom stereocenters. The predicted molar refractivity (Wildman–Crippen MR) is 77.8 cm³/mol. The van der Waals surface area contributed by atoms with Crippen molar-refractivity contribution in [3.8, 4) is 11.3 Å². The van der Waals surface area contributed by atoms with Crippen molar-refractivity contribution < 1.29 is 0 Å². The van der Waals surface area contributed by atoms with Crippen molar-refractivity contribution in [1.82, 2.24) is 15.1 Å². The van der Waals surface area contributed by atoms with E-state index < -0.39 is 0 Å². The zero-order valence-electron chi connectivity index (χ0n) is 11.5. The summed E-state index contributed by atoms with van der Waals surface area (Å²) in [6.07, 6.45) is 5.67. The molecule has 0 spiro atoms. The van der Waals surface area contributed by atoms with E-state index in [9.17, 15) is 0 Å². The number of aryl methyl sites for hydroxylation is 1. The molecular weight excluding hydrogens is 234 g/mol. The van der Waals surface area contributed by atoms with E-state index >= 15 is 0 Å². The van der Waals surface area contributed by atoms with E-state index in [1.54, 1.807) is 0 Å². The number of hydrogen-bond acceptors (Lipinski definition) is 2. The molecule has 3 heteroatoms. The maximum Gasteiger partial charge on any atom is 0.0682 e. The van der Waals surface area contributed by atoms with Gasteiger partial charge in [0.05, 0.1) is 5.69 Å². The fraction of sp³-hybridized carbons (Fsp3) is 0.438. The zero-order chi connectivity index (χ0) is 13.1. The molecule has 1 aliphatic carbocycles. The summed E-state index contributed by atoms with van der Waals surface area (Å²) < 4.78 is 2.08. The van der Waals surface area contributed by atoms with Crippen LogP contribution in [-0.2, 0) is 13.1 Å². The molecule has 0 saturated heterocycles. The van der Waals surface area contributed by atoms with E-state index in [0.29, 0.717) is 0 Å². The third-order valence-electron chi connectivity index (χ3n) is 3.57. The van der Waals surface area contributed by atoms with Crippen LogP contribution in [0.3, 0.4) is 0 Å². The first-order chi connectivity index (χ1) is 9.36. The molecule has 0 atom stereocenters. The highest BCUT2D eigenvalue weighted by atomic mass is 15.3. The smallest absolute Gasteiger partial charge is 0.0682 e. The van der Waals surface area contributed by atoms with E-state index in [-0.39, 0.29) is 0 Å². The predicted octanol–water partition coefficient (Wildman–Crippen LogP) is 3.21. The second-order valence-electron chi connectivity index (χ2n) is 5.29. The Morgan fingerprint density at radius 3 is 2.68 bits per heavy atom. The number of benzene rings is 1. The normalized spacial score (nSPS) is 14.8. The summed E-state index contributed by atoms with van der Waals surface area (Å²) in [4.78, 5) is 0. The largest absolute Gasteiger partial charge is 0.310 e. The van der Waals surface area contributed by atoms with Crippen molar-refractivity contribution in [3.05, 3.63) is 42.1 Å². The molecule has 3 nitrogen and oxygen atoms in total. The summed E-state index contributed by atoms with van der Waals surface area (Å²) >= 11 is 0. The summed E-state index contributed by atoms with van der Waals surface area (Å²) in [5.41, 5.74) is 3.82. The van der Waals surface area contributed by atoms with Crippen molar-refractivity contribution in [3.63, 3.8) is 0 Å². The monoisotopic (exact) mass is 255 g/mol. The Hall–Kier alpha value is -1.61. The minimum Gasteiger partial charge on any atom is -0.310 e. The number of nitrogens with one attached hydrogen (secondary N) is 1. The maximum atomic E-state index is 4.38. The van der Waals surface area contributed by atoms with Crippen LogP contribution in [-0.4, -0.2) is 15.8 Å². The summed E-state index contributed by atoms with van der Waals surface area (Å²) in [5.74, 6) is 0. The molecule has 0 radical (unpaired) electrons. The molecule has 3 rings (SSSR count). The van der Waals surface area contributed by atoms with Gasteiger partial charge >= 0.3 is 0 Å². The number of rotatable bonds is 6. The lowest BCUT2D eigenvalue weighted by atomic mass is 10.1. The van der Waals surface area contributed by atoms with Crippen molar-refractivity contribution in [2.75, 3.05) is 0 Å². The van der Waals surface area contributed by atoms with Gasteiger partial charge in [-0.2, -0.15) is 5.10 Å². The van der Waals surface area contributed by atoms with Gasteiger partial charge in [-0.1, -0.05) is 31.2 Å². The van der Waals surface area contributed by atoms with Crippen LogP contribution in [0, 0.1) is 0 Å². The lowest BCUT2D eigenvalue weighted by Crippen LogP contribution is -2.15. The molecule has 0 aliphatic heterocycles. The first kappa shape index (κ1) is 12.4. The average Bonchev–Trinajstić information content (AvgIpc) is 3.16. The molecule has 1 aromatic heterocycles. The topological polar surface area (TPSA) is 29.9 Å². The molecule has 19 heavy (non-hydrogen) atoms. The Kier molecular flexibility index (Phi) is 3.65. The van der Waals surface area contributed by atoms with Gasteiger partial charge in [0.1, 0.15) is 0 Å². The lowest BCUT2D eigenvalue weighted by Gasteiger charge is -2.08. The minimum absolute atomic E-state index is 0.769. The van der Waals surface area contributed by atoms with Gasteiger partial charge in [0.2, 0.25) is 0 Å². The van der Waals surface area contributed by atoms with Gasteiger partial charge < -0.3 is 5.32 Å². The Balaban J connectivity index is 1.71. The Morgan fingerprint density at radius 1 is 1.21 bits per heavy atom. The zero-order valence-corrected chi connectivity index (χ0v) is 11.5. The lowest BCUT2D eigenvalue weighted by molar-refractivity contribution is 0.609. The van der Waals surface area contributed by atoms with Gasteiger partial charge in [0, 0.05) is 25.3 Å². The van der Waals surface area contributed by atoms with Crippen LogP contribution in [0.4, 0.5) is 0 Å². The van der Waals surface area contributed by atoms with Gasteiger partial charge in [-0.25, -0.2) is 0 Å². The molecule has 100 valence electrons. The van der Waals surface area contributed by atoms with Crippen LogP contribution in [0.15, 0.2) is 36.5 Å². The molecule has 1 saturated carbocycles. The molecule has 1 fully saturated rings. The highest BCUT2D eigenvalue weighted by molar-refractivity contribution is 5.59. The Morgan fingerprint density at radius 2 is 2.00 bits per heavy atom. The summed E-state index contributed by atoms with van der Waals surface area (Å²) in [5, 5.41) is 7.92. The SMILES string of the molecule is CCCn1nccc1-c1ccc(CNC2CC2)cc1. The van der Waals surface area contributed by atoms with Crippen molar-refractivity contribution in [2.24, 2.45) is 0 Å². The summed E-state index contributed by atoms with van der Waals surface area (Å²) in [6, 6.07) is 11.7. The molecule has 1 heterocycles. The van der Waals surface area contributed by atoms with Crippen molar-refractivity contribution in [1.29, 1.82) is 0 Å². The van der Waals surface area contributed by atoms with Crippen molar-refractivity contribution >= 4 is 0 Å². The third kappa shape index (κ3) is 3.04. The first-order valence-electron chi connectivity index (χ1n) is 7.21. The first-order valence-corrected chi connectivity index (χ1v) is 7.21. The van der Waals surface area contributed by atoms with E-state index in [2.05, 4.69) is 52.4 Å². The van der Waals surface area contributed by atoms with E-state index in [0.717, 1.165) is 25.6 Å². The van der Waals surface area contributed by atoms with Crippen LogP contribution in [0.1, 0.15) is 31.7 Å².